The van der Waals surface area contributed by atoms with Gasteiger partial charge in [0.2, 0.25) is 0 Å². The van der Waals surface area contributed by atoms with Gasteiger partial charge in [0, 0.05) is 5.56 Å². The normalized spacial score (nSPS) is 11.8. The number of benzene rings is 4. The molecule has 0 aliphatic carbocycles. The van der Waals surface area contributed by atoms with Crippen molar-refractivity contribution in [2.24, 2.45) is 0 Å². The Balaban J connectivity index is 1.50. The van der Waals surface area contributed by atoms with Crippen molar-refractivity contribution >= 4 is 19.7 Å². The highest BCUT2D eigenvalue weighted by Crippen LogP contribution is 2.27. The van der Waals surface area contributed by atoms with Crippen LogP contribution in [0.3, 0.4) is 0 Å². The van der Waals surface area contributed by atoms with Crippen LogP contribution in [0.15, 0.2) is 101 Å². The number of hydrogen-bond acceptors (Lipinski definition) is 7. The van der Waals surface area contributed by atoms with E-state index in [-0.39, 0.29) is 39.4 Å². The average molecular weight is 539 g/mol. The fraction of sp³-hybridized carbons (Fsp3) is 0.143. The summed E-state index contributed by atoms with van der Waals surface area (Å²) in [5, 5.41) is 18.9. The molecule has 2 N–H and O–H groups in total. The molecule has 0 bridgehead atoms. The van der Waals surface area contributed by atoms with Crippen molar-refractivity contribution in [2.45, 2.75) is 34.8 Å². The summed E-state index contributed by atoms with van der Waals surface area (Å²) in [6.45, 7) is 1.97. The fourth-order valence-electron chi connectivity index (χ4n) is 3.83. The van der Waals surface area contributed by atoms with Crippen LogP contribution in [0.4, 0.5) is 0 Å². The van der Waals surface area contributed by atoms with Crippen molar-refractivity contribution in [3.63, 3.8) is 0 Å². The minimum absolute atomic E-state index is 0.00978. The third-order valence-corrected chi connectivity index (χ3v) is 9.08. The van der Waals surface area contributed by atoms with Gasteiger partial charge in [0.1, 0.15) is 23.9 Å². The first-order chi connectivity index (χ1) is 17.5. The summed E-state index contributed by atoms with van der Waals surface area (Å²) in [6.07, 6.45) is 0. The highest BCUT2D eigenvalue weighted by atomic mass is 32.2. The Morgan fingerprint density at radius 3 is 1.78 bits per heavy atom. The summed E-state index contributed by atoms with van der Waals surface area (Å²) in [6, 6.07) is 23.1. The number of phenolic OH excluding ortho intramolecular Hbond substituents is 2. The quantitative estimate of drug-likeness (QED) is 0.310. The van der Waals surface area contributed by atoms with Crippen LogP contribution in [0.1, 0.15) is 22.3 Å². The SMILES string of the molecule is Cc1ccc(OCc2cccc(CS(=O)(=O)c3ccc(O)cc3)c2)c(CS(=O)(=O)c2ccc(O)cc2)c1. The van der Waals surface area contributed by atoms with Crippen molar-refractivity contribution in [1.82, 2.24) is 0 Å². The third-order valence-electron chi connectivity index (χ3n) is 5.70. The molecule has 0 saturated heterocycles. The Morgan fingerprint density at radius 1 is 0.649 bits per heavy atom. The first-order valence-corrected chi connectivity index (χ1v) is 14.7. The van der Waals surface area contributed by atoms with Gasteiger partial charge in [-0.1, -0.05) is 42.0 Å². The molecule has 37 heavy (non-hydrogen) atoms. The molecule has 0 aromatic heterocycles. The Labute approximate surface area is 216 Å². The molecule has 0 fully saturated rings. The zero-order valence-corrected chi connectivity index (χ0v) is 21.7. The Morgan fingerprint density at radius 2 is 1.19 bits per heavy atom. The van der Waals surface area contributed by atoms with E-state index in [1.807, 2.05) is 13.0 Å². The number of rotatable bonds is 9. The van der Waals surface area contributed by atoms with E-state index in [1.54, 1.807) is 36.4 Å². The Kier molecular flexibility index (Phi) is 7.56. The van der Waals surface area contributed by atoms with E-state index < -0.39 is 19.7 Å². The smallest absolute Gasteiger partial charge is 0.182 e. The largest absolute Gasteiger partial charge is 0.508 e. The lowest BCUT2D eigenvalue weighted by molar-refractivity contribution is 0.303. The van der Waals surface area contributed by atoms with Gasteiger partial charge in [-0.15, -0.1) is 0 Å². The number of aromatic hydroxyl groups is 2. The number of hydrogen-bond donors (Lipinski definition) is 2. The second-order valence-electron chi connectivity index (χ2n) is 8.73. The van der Waals surface area contributed by atoms with E-state index >= 15 is 0 Å². The highest BCUT2D eigenvalue weighted by Gasteiger charge is 2.19. The zero-order chi connectivity index (χ0) is 26.6. The molecule has 0 spiro atoms. The number of ether oxygens (including phenoxy) is 1. The molecular formula is C28H26O7S2. The minimum Gasteiger partial charge on any atom is -0.508 e. The first kappa shape index (κ1) is 26.2. The second-order valence-corrected chi connectivity index (χ2v) is 12.7. The van der Waals surface area contributed by atoms with Gasteiger partial charge in [0.25, 0.3) is 0 Å². The monoisotopic (exact) mass is 538 g/mol. The van der Waals surface area contributed by atoms with Gasteiger partial charge in [-0.2, -0.15) is 0 Å². The van der Waals surface area contributed by atoms with Gasteiger partial charge in [0.05, 0.1) is 21.3 Å². The standard InChI is InChI=1S/C28H26O7S2/c1-20-5-14-28(23(15-20)19-37(33,34)27-12-8-25(30)9-13-27)35-17-21-3-2-4-22(16-21)18-36(31,32)26-10-6-24(29)7-11-26/h2-16,29-30H,17-19H2,1H3. The van der Waals surface area contributed by atoms with Gasteiger partial charge in [0.15, 0.2) is 19.7 Å². The van der Waals surface area contributed by atoms with E-state index in [0.717, 1.165) is 11.1 Å². The molecule has 4 aromatic carbocycles. The van der Waals surface area contributed by atoms with E-state index in [9.17, 15) is 27.0 Å². The zero-order valence-electron chi connectivity index (χ0n) is 20.0. The molecule has 0 radical (unpaired) electrons. The van der Waals surface area contributed by atoms with Crippen LogP contribution < -0.4 is 4.74 Å². The van der Waals surface area contributed by atoms with E-state index in [2.05, 4.69) is 0 Å². The minimum atomic E-state index is -3.68. The van der Waals surface area contributed by atoms with Crippen LogP contribution >= 0.6 is 0 Å². The van der Waals surface area contributed by atoms with Gasteiger partial charge < -0.3 is 14.9 Å². The molecule has 4 aromatic rings. The van der Waals surface area contributed by atoms with E-state index in [4.69, 9.17) is 4.74 Å². The summed E-state index contributed by atoms with van der Waals surface area (Å²) < 4.78 is 57.4. The Hall–Kier alpha value is -3.82. The van der Waals surface area contributed by atoms with E-state index in [1.165, 1.54) is 48.5 Å². The molecule has 0 aliphatic heterocycles. The van der Waals surface area contributed by atoms with Crippen LogP contribution in [0.2, 0.25) is 0 Å². The summed E-state index contributed by atoms with van der Waals surface area (Å²) >= 11 is 0. The van der Waals surface area contributed by atoms with Crippen molar-refractivity contribution in [3.05, 3.63) is 113 Å². The maximum Gasteiger partial charge on any atom is 0.182 e. The molecule has 192 valence electrons. The predicted molar refractivity (Wildman–Crippen MR) is 140 cm³/mol. The van der Waals surface area contributed by atoms with Crippen LogP contribution in [0.25, 0.3) is 0 Å². The number of aryl methyl sites for hydroxylation is 1. The molecular weight excluding hydrogens is 512 g/mol. The summed E-state index contributed by atoms with van der Waals surface area (Å²) in [5.41, 5.74) is 2.68. The van der Waals surface area contributed by atoms with Crippen LogP contribution in [0.5, 0.6) is 17.2 Å². The maximum atomic E-state index is 13.0. The lowest BCUT2D eigenvalue weighted by Gasteiger charge is -2.14. The lowest BCUT2D eigenvalue weighted by Crippen LogP contribution is -2.08. The van der Waals surface area contributed by atoms with Crippen molar-refractivity contribution < 1.29 is 31.8 Å². The average Bonchev–Trinajstić information content (AvgIpc) is 2.84. The molecule has 0 unspecified atom stereocenters. The molecule has 0 atom stereocenters. The third kappa shape index (κ3) is 6.69. The van der Waals surface area contributed by atoms with Gasteiger partial charge in [-0.05, 0) is 72.6 Å². The lowest BCUT2D eigenvalue weighted by atomic mass is 10.1. The van der Waals surface area contributed by atoms with Crippen LogP contribution in [0, 0.1) is 6.92 Å². The molecule has 9 heteroatoms. The highest BCUT2D eigenvalue weighted by molar-refractivity contribution is 7.91. The summed E-state index contributed by atoms with van der Waals surface area (Å²) in [5.74, 6) is -0.109. The van der Waals surface area contributed by atoms with Gasteiger partial charge in [-0.25, -0.2) is 16.8 Å². The summed E-state index contributed by atoms with van der Waals surface area (Å²) in [4.78, 5) is 0.214. The number of phenols is 2. The molecule has 0 amide bonds. The van der Waals surface area contributed by atoms with Crippen molar-refractivity contribution in [1.29, 1.82) is 0 Å². The molecule has 4 rings (SSSR count). The molecule has 0 heterocycles. The van der Waals surface area contributed by atoms with Crippen molar-refractivity contribution in [3.8, 4) is 17.2 Å². The predicted octanol–water partition coefficient (Wildman–Crippen LogP) is 4.93. The Bertz CT molecular complexity index is 1610. The molecule has 7 nitrogen and oxygen atoms in total. The molecule has 0 aliphatic rings. The first-order valence-electron chi connectivity index (χ1n) is 11.4. The van der Waals surface area contributed by atoms with Gasteiger partial charge >= 0.3 is 0 Å². The maximum absolute atomic E-state index is 13.0. The molecule has 0 saturated carbocycles. The van der Waals surface area contributed by atoms with Crippen LogP contribution in [-0.2, 0) is 37.8 Å². The van der Waals surface area contributed by atoms with E-state index in [0.29, 0.717) is 16.9 Å². The van der Waals surface area contributed by atoms with Crippen molar-refractivity contribution in [2.75, 3.05) is 0 Å². The second kappa shape index (κ2) is 10.7. The fourth-order valence-corrected chi connectivity index (χ4v) is 6.52. The topological polar surface area (TPSA) is 118 Å². The van der Waals surface area contributed by atoms with Crippen LogP contribution in [-0.4, -0.2) is 27.0 Å². The number of sulfone groups is 2. The summed E-state index contributed by atoms with van der Waals surface area (Å²) in [7, 11) is -7.29. The van der Waals surface area contributed by atoms with Gasteiger partial charge in [-0.3, -0.25) is 0 Å².